The first kappa shape index (κ1) is 18.5. The van der Waals surface area contributed by atoms with Gasteiger partial charge >= 0.3 is 0 Å². The third-order valence-corrected chi connectivity index (χ3v) is 4.86. The molecule has 1 amide bonds. The lowest BCUT2D eigenvalue weighted by Gasteiger charge is -2.35. The Labute approximate surface area is 154 Å². The molecule has 0 radical (unpaired) electrons. The van der Waals surface area contributed by atoms with Crippen LogP contribution in [-0.4, -0.2) is 60.4 Å². The zero-order chi connectivity index (χ0) is 18.4. The highest BCUT2D eigenvalue weighted by atomic mass is 19.1. The normalized spacial score (nSPS) is 15.8. The van der Waals surface area contributed by atoms with Crippen LogP contribution >= 0.6 is 0 Å². The zero-order valence-corrected chi connectivity index (χ0v) is 15.3. The largest absolute Gasteiger partial charge is 0.340 e. The Hall–Kier alpha value is -2.24. The van der Waals surface area contributed by atoms with E-state index in [0.717, 1.165) is 32.7 Å². The van der Waals surface area contributed by atoms with Crippen molar-refractivity contribution in [1.82, 2.24) is 14.7 Å². The Morgan fingerprint density at radius 3 is 2.27 bits per heavy atom. The van der Waals surface area contributed by atoms with Crippen molar-refractivity contribution in [3.63, 3.8) is 0 Å². The highest BCUT2D eigenvalue weighted by Gasteiger charge is 2.21. The quantitative estimate of drug-likeness (QED) is 0.797. The molecule has 26 heavy (non-hydrogen) atoms. The Morgan fingerprint density at radius 1 is 0.962 bits per heavy atom. The van der Waals surface area contributed by atoms with Gasteiger partial charge in [-0.3, -0.25) is 14.6 Å². The van der Waals surface area contributed by atoms with Gasteiger partial charge in [0.2, 0.25) is 5.91 Å². The van der Waals surface area contributed by atoms with E-state index in [1.165, 1.54) is 11.6 Å². The molecule has 0 aromatic heterocycles. The van der Waals surface area contributed by atoms with Crippen LogP contribution in [0.2, 0.25) is 0 Å². The minimum atomic E-state index is -0.262. The lowest BCUT2D eigenvalue weighted by molar-refractivity contribution is -0.132. The van der Waals surface area contributed by atoms with E-state index in [1.807, 2.05) is 6.07 Å². The summed E-state index contributed by atoms with van der Waals surface area (Å²) in [5.41, 5.74) is 1.87. The number of halogens is 1. The summed E-state index contributed by atoms with van der Waals surface area (Å²) in [4.78, 5) is 18.7. The molecule has 1 aliphatic heterocycles. The van der Waals surface area contributed by atoms with Crippen LogP contribution in [0.3, 0.4) is 0 Å². The van der Waals surface area contributed by atoms with Gasteiger partial charge in [0.05, 0.1) is 6.54 Å². The van der Waals surface area contributed by atoms with Crippen molar-refractivity contribution in [2.75, 3.05) is 39.8 Å². The summed E-state index contributed by atoms with van der Waals surface area (Å²) in [5.74, 6) is -0.230. The van der Waals surface area contributed by atoms with Crippen molar-refractivity contribution >= 4 is 5.91 Å². The van der Waals surface area contributed by atoms with Gasteiger partial charge in [-0.25, -0.2) is 4.39 Å². The van der Waals surface area contributed by atoms with Gasteiger partial charge in [-0.15, -0.1) is 0 Å². The van der Waals surface area contributed by atoms with Gasteiger partial charge < -0.3 is 4.90 Å². The van der Waals surface area contributed by atoms with Crippen LogP contribution in [0, 0.1) is 5.82 Å². The zero-order valence-electron chi connectivity index (χ0n) is 15.3. The molecule has 138 valence electrons. The maximum Gasteiger partial charge on any atom is 0.236 e. The molecule has 0 N–H and O–H groups in total. The smallest absolute Gasteiger partial charge is 0.236 e. The number of amides is 1. The minimum Gasteiger partial charge on any atom is -0.340 e. The van der Waals surface area contributed by atoms with E-state index in [0.29, 0.717) is 18.7 Å². The van der Waals surface area contributed by atoms with Crippen molar-refractivity contribution in [3.05, 3.63) is 71.5 Å². The number of benzene rings is 2. The van der Waals surface area contributed by atoms with Gasteiger partial charge in [0.1, 0.15) is 5.82 Å². The van der Waals surface area contributed by atoms with Crippen LogP contribution in [0.15, 0.2) is 54.6 Å². The van der Waals surface area contributed by atoms with Crippen molar-refractivity contribution in [3.8, 4) is 0 Å². The summed E-state index contributed by atoms with van der Waals surface area (Å²) >= 11 is 0. The van der Waals surface area contributed by atoms with Crippen LogP contribution in [-0.2, 0) is 17.9 Å². The monoisotopic (exact) mass is 355 g/mol. The van der Waals surface area contributed by atoms with Gasteiger partial charge in [-0.05, 0) is 11.6 Å². The molecule has 0 unspecified atom stereocenters. The molecule has 3 rings (SSSR count). The molecule has 0 saturated carbocycles. The average Bonchev–Trinajstić information content (AvgIpc) is 2.66. The number of hydrogen-bond acceptors (Lipinski definition) is 3. The molecule has 1 heterocycles. The molecular formula is C21H26FN3O. The van der Waals surface area contributed by atoms with E-state index in [9.17, 15) is 9.18 Å². The number of hydrogen-bond donors (Lipinski definition) is 0. The number of likely N-dealkylation sites (N-methyl/N-ethyl adjacent to an activating group) is 1. The SMILES string of the molecule is CN(Cc1ccccc1F)C(=O)CN1CCN(Cc2ccccc2)CC1. The fourth-order valence-electron chi connectivity index (χ4n) is 3.23. The topological polar surface area (TPSA) is 26.8 Å². The maximum atomic E-state index is 13.7. The minimum absolute atomic E-state index is 0.0322. The summed E-state index contributed by atoms with van der Waals surface area (Å²) < 4.78 is 13.7. The number of nitrogens with zero attached hydrogens (tertiary/aromatic N) is 3. The Balaban J connectivity index is 1.43. The van der Waals surface area contributed by atoms with Crippen LogP contribution in [0.4, 0.5) is 4.39 Å². The van der Waals surface area contributed by atoms with Gasteiger partial charge in [0, 0.05) is 51.9 Å². The first-order chi connectivity index (χ1) is 12.6. The van der Waals surface area contributed by atoms with Gasteiger partial charge in [0.25, 0.3) is 0 Å². The predicted octanol–water partition coefficient (Wildman–Crippen LogP) is 2.60. The Morgan fingerprint density at radius 2 is 1.58 bits per heavy atom. The van der Waals surface area contributed by atoms with Crippen molar-refractivity contribution in [2.45, 2.75) is 13.1 Å². The molecule has 1 saturated heterocycles. The molecule has 1 fully saturated rings. The highest BCUT2D eigenvalue weighted by molar-refractivity contribution is 5.78. The second-order valence-corrected chi connectivity index (χ2v) is 6.88. The fraction of sp³-hybridized carbons (Fsp3) is 0.381. The standard InChI is InChI=1S/C21H26FN3O/c1-23(16-19-9-5-6-10-20(19)22)21(26)17-25-13-11-24(12-14-25)15-18-7-3-2-4-8-18/h2-10H,11-17H2,1H3. The molecule has 0 spiro atoms. The molecule has 2 aromatic rings. The first-order valence-corrected chi connectivity index (χ1v) is 9.08. The molecule has 0 atom stereocenters. The van der Waals surface area contributed by atoms with E-state index in [2.05, 4.69) is 34.1 Å². The Kier molecular flexibility index (Phi) is 6.36. The maximum absolute atomic E-state index is 13.7. The van der Waals surface area contributed by atoms with Crippen LogP contribution in [0.1, 0.15) is 11.1 Å². The van der Waals surface area contributed by atoms with Gasteiger partial charge in [-0.1, -0.05) is 48.5 Å². The fourth-order valence-corrected chi connectivity index (χ4v) is 3.23. The second-order valence-electron chi connectivity index (χ2n) is 6.88. The summed E-state index contributed by atoms with van der Waals surface area (Å²) in [6.07, 6.45) is 0. The first-order valence-electron chi connectivity index (χ1n) is 9.08. The molecule has 4 nitrogen and oxygen atoms in total. The van der Waals surface area contributed by atoms with Gasteiger partial charge in [-0.2, -0.15) is 0 Å². The van der Waals surface area contributed by atoms with Crippen molar-refractivity contribution in [2.24, 2.45) is 0 Å². The second kappa shape index (κ2) is 8.92. The summed E-state index contributed by atoms with van der Waals surface area (Å²) in [6, 6.07) is 17.1. The average molecular weight is 355 g/mol. The van der Waals surface area contributed by atoms with E-state index in [1.54, 1.807) is 30.1 Å². The molecule has 5 heteroatoms. The van der Waals surface area contributed by atoms with Gasteiger partial charge in [0.15, 0.2) is 0 Å². The van der Waals surface area contributed by atoms with Crippen LogP contribution in [0.5, 0.6) is 0 Å². The molecule has 1 aliphatic rings. The van der Waals surface area contributed by atoms with E-state index in [4.69, 9.17) is 0 Å². The molecule has 0 aliphatic carbocycles. The molecular weight excluding hydrogens is 329 g/mol. The lowest BCUT2D eigenvalue weighted by Crippen LogP contribution is -2.49. The number of carbonyl (C=O) groups is 1. The summed E-state index contributed by atoms with van der Waals surface area (Å²) in [6.45, 7) is 5.33. The van der Waals surface area contributed by atoms with Crippen molar-refractivity contribution < 1.29 is 9.18 Å². The van der Waals surface area contributed by atoms with E-state index < -0.39 is 0 Å². The molecule has 2 aromatic carbocycles. The summed E-state index contributed by atoms with van der Waals surface area (Å²) in [7, 11) is 1.74. The molecule has 0 bridgehead atoms. The predicted molar refractivity (Wildman–Crippen MR) is 101 cm³/mol. The summed E-state index contributed by atoms with van der Waals surface area (Å²) in [5, 5.41) is 0. The third-order valence-electron chi connectivity index (χ3n) is 4.86. The van der Waals surface area contributed by atoms with Crippen LogP contribution in [0.25, 0.3) is 0 Å². The highest BCUT2D eigenvalue weighted by Crippen LogP contribution is 2.11. The number of piperazine rings is 1. The van der Waals surface area contributed by atoms with Crippen LogP contribution < -0.4 is 0 Å². The third kappa shape index (κ3) is 5.13. The van der Waals surface area contributed by atoms with E-state index >= 15 is 0 Å². The lowest BCUT2D eigenvalue weighted by atomic mass is 10.2. The number of rotatable bonds is 6. The Bertz CT molecular complexity index is 714. The van der Waals surface area contributed by atoms with Crippen molar-refractivity contribution in [1.29, 1.82) is 0 Å². The number of carbonyl (C=O) groups excluding carboxylic acids is 1. The van der Waals surface area contributed by atoms with E-state index in [-0.39, 0.29) is 11.7 Å².